The molecule has 0 atom stereocenters. The molecule has 1 heterocycles. The number of hydrogen-bond acceptors (Lipinski definition) is 2. The molecule has 0 bridgehead atoms. The molecule has 2 nitrogen and oxygen atoms in total. The minimum absolute atomic E-state index is 0.416. The molecule has 0 N–H and O–H groups in total. The molecule has 0 fully saturated rings. The molecule has 0 aliphatic carbocycles. The zero-order valence-electron chi connectivity index (χ0n) is 6.17. The first-order valence-electron chi connectivity index (χ1n) is 3.10. The van der Waals surface area contributed by atoms with Crippen molar-refractivity contribution in [1.82, 2.24) is 4.98 Å². The van der Waals surface area contributed by atoms with Crippen LogP contribution >= 0.6 is 11.6 Å². The lowest BCUT2D eigenvalue weighted by Gasteiger charge is -2.03. The van der Waals surface area contributed by atoms with Crippen LogP contribution in [0.25, 0.3) is 6.08 Å². The highest BCUT2D eigenvalue weighted by atomic mass is 35.5. The standard InChI is InChI=1S/C8H8ClNO/c1-3-6-7(11-2)4-5-10-8(6)9/h3-5H,1H2,2H3. The van der Waals surface area contributed by atoms with Gasteiger partial charge in [0.2, 0.25) is 0 Å². The fraction of sp³-hybridized carbons (Fsp3) is 0.125. The van der Waals surface area contributed by atoms with Gasteiger partial charge in [-0.2, -0.15) is 0 Å². The largest absolute Gasteiger partial charge is 0.496 e. The molecule has 0 spiro atoms. The van der Waals surface area contributed by atoms with Crippen LogP contribution in [0.15, 0.2) is 18.8 Å². The lowest BCUT2D eigenvalue weighted by molar-refractivity contribution is 0.413. The third-order valence-corrected chi connectivity index (χ3v) is 1.63. The van der Waals surface area contributed by atoms with Crippen LogP contribution in [0, 0.1) is 0 Å². The van der Waals surface area contributed by atoms with E-state index >= 15 is 0 Å². The number of ether oxygens (including phenoxy) is 1. The molecule has 1 aromatic rings. The summed E-state index contributed by atoms with van der Waals surface area (Å²) in [7, 11) is 1.58. The Kier molecular flexibility index (Phi) is 2.49. The highest BCUT2D eigenvalue weighted by molar-refractivity contribution is 6.31. The van der Waals surface area contributed by atoms with Crippen LogP contribution in [0.3, 0.4) is 0 Å². The van der Waals surface area contributed by atoms with Crippen molar-refractivity contribution in [2.24, 2.45) is 0 Å². The van der Waals surface area contributed by atoms with E-state index in [0.29, 0.717) is 10.9 Å². The zero-order chi connectivity index (χ0) is 8.27. The van der Waals surface area contributed by atoms with Gasteiger partial charge in [0.15, 0.2) is 0 Å². The van der Waals surface area contributed by atoms with Gasteiger partial charge in [-0.1, -0.05) is 24.3 Å². The molecular weight excluding hydrogens is 162 g/mol. The van der Waals surface area contributed by atoms with Crippen molar-refractivity contribution in [1.29, 1.82) is 0 Å². The zero-order valence-corrected chi connectivity index (χ0v) is 6.93. The van der Waals surface area contributed by atoms with Crippen molar-refractivity contribution in [2.45, 2.75) is 0 Å². The molecule has 58 valence electrons. The highest BCUT2D eigenvalue weighted by Gasteiger charge is 2.02. The Morgan fingerprint density at radius 1 is 1.73 bits per heavy atom. The van der Waals surface area contributed by atoms with Crippen molar-refractivity contribution in [2.75, 3.05) is 7.11 Å². The summed E-state index contributed by atoms with van der Waals surface area (Å²) in [5, 5.41) is 0.416. The van der Waals surface area contributed by atoms with Crippen LogP contribution in [-0.2, 0) is 0 Å². The van der Waals surface area contributed by atoms with E-state index in [1.165, 1.54) is 0 Å². The van der Waals surface area contributed by atoms with E-state index in [4.69, 9.17) is 16.3 Å². The van der Waals surface area contributed by atoms with Gasteiger partial charge in [-0.05, 0) is 6.07 Å². The molecule has 0 saturated carbocycles. The molecule has 0 amide bonds. The summed E-state index contributed by atoms with van der Waals surface area (Å²) < 4.78 is 5.02. The molecule has 0 radical (unpaired) electrons. The third kappa shape index (κ3) is 1.52. The second kappa shape index (κ2) is 3.39. The van der Waals surface area contributed by atoms with Gasteiger partial charge in [-0.3, -0.25) is 0 Å². The Balaban J connectivity index is 3.24. The van der Waals surface area contributed by atoms with E-state index in [0.717, 1.165) is 5.56 Å². The van der Waals surface area contributed by atoms with Gasteiger partial charge in [0.05, 0.1) is 12.7 Å². The number of hydrogen-bond donors (Lipinski definition) is 0. The van der Waals surface area contributed by atoms with Crippen molar-refractivity contribution >= 4 is 17.7 Å². The first kappa shape index (κ1) is 8.08. The quantitative estimate of drug-likeness (QED) is 0.635. The summed E-state index contributed by atoms with van der Waals surface area (Å²) in [5.74, 6) is 0.694. The Morgan fingerprint density at radius 2 is 2.45 bits per heavy atom. The van der Waals surface area contributed by atoms with E-state index in [-0.39, 0.29) is 0 Å². The van der Waals surface area contributed by atoms with Crippen molar-refractivity contribution in [3.8, 4) is 5.75 Å². The van der Waals surface area contributed by atoms with Crippen LogP contribution in [-0.4, -0.2) is 12.1 Å². The minimum atomic E-state index is 0.416. The summed E-state index contributed by atoms with van der Waals surface area (Å²) in [6, 6.07) is 1.74. The predicted octanol–water partition coefficient (Wildman–Crippen LogP) is 2.39. The van der Waals surface area contributed by atoms with Crippen molar-refractivity contribution in [3.63, 3.8) is 0 Å². The first-order valence-corrected chi connectivity index (χ1v) is 3.48. The normalized spacial score (nSPS) is 9.27. The molecule has 0 aromatic carbocycles. The number of rotatable bonds is 2. The van der Waals surface area contributed by atoms with E-state index in [1.54, 1.807) is 25.4 Å². The molecule has 0 saturated heterocycles. The van der Waals surface area contributed by atoms with Crippen molar-refractivity contribution in [3.05, 3.63) is 29.6 Å². The number of methoxy groups -OCH3 is 1. The van der Waals surface area contributed by atoms with Crippen LogP contribution in [0.2, 0.25) is 5.15 Å². The molecule has 0 aliphatic heterocycles. The van der Waals surface area contributed by atoms with E-state index in [2.05, 4.69) is 11.6 Å². The minimum Gasteiger partial charge on any atom is -0.496 e. The summed E-state index contributed by atoms with van der Waals surface area (Å²) in [4.78, 5) is 3.87. The number of pyridine rings is 1. The van der Waals surface area contributed by atoms with E-state index < -0.39 is 0 Å². The van der Waals surface area contributed by atoms with Crippen molar-refractivity contribution < 1.29 is 4.74 Å². The van der Waals surface area contributed by atoms with Gasteiger partial charge < -0.3 is 4.74 Å². The summed E-state index contributed by atoms with van der Waals surface area (Å²) >= 11 is 5.75. The molecule has 0 aliphatic rings. The van der Waals surface area contributed by atoms with Crippen LogP contribution in [0.4, 0.5) is 0 Å². The predicted molar refractivity (Wildman–Crippen MR) is 45.9 cm³/mol. The SMILES string of the molecule is C=Cc1c(OC)ccnc1Cl. The lowest BCUT2D eigenvalue weighted by Crippen LogP contribution is -1.88. The number of aromatic nitrogens is 1. The van der Waals surface area contributed by atoms with Gasteiger partial charge in [0, 0.05) is 6.20 Å². The maximum atomic E-state index is 5.75. The Bertz CT molecular complexity index is 273. The fourth-order valence-corrected chi connectivity index (χ4v) is 1.02. The van der Waals surface area contributed by atoms with Crippen LogP contribution in [0.5, 0.6) is 5.75 Å². The molecule has 1 aromatic heterocycles. The molecule has 11 heavy (non-hydrogen) atoms. The number of nitrogens with zero attached hydrogens (tertiary/aromatic N) is 1. The molecule has 1 rings (SSSR count). The van der Waals surface area contributed by atoms with Gasteiger partial charge in [-0.25, -0.2) is 4.98 Å². The lowest BCUT2D eigenvalue weighted by atomic mass is 10.2. The topological polar surface area (TPSA) is 22.1 Å². The second-order valence-corrected chi connectivity index (χ2v) is 2.28. The third-order valence-electron chi connectivity index (χ3n) is 1.33. The van der Waals surface area contributed by atoms with E-state index in [9.17, 15) is 0 Å². The maximum Gasteiger partial charge on any atom is 0.139 e. The Labute approximate surface area is 70.5 Å². The molecule has 0 unspecified atom stereocenters. The number of halogens is 1. The maximum absolute atomic E-state index is 5.75. The monoisotopic (exact) mass is 169 g/mol. The van der Waals surface area contributed by atoms with Crippen LogP contribution < -0.4 is 4.74 Å². The van der Waals surface area contributed by atoms with E-state index in [1.807, 2.05) is 0 Å². The summed E-state index contributed by atoms with van der Waals surface area (Å²) in [6.45, 7) is 3.60. The Morgan fingerprint density at radius 3 is 2.91 bits per heavy atom. The molecular formula is C8H8ClNO. The average Bonchev–Trinajstić information content (AvgIpc) is 2.04. The van der Waals surface area contributed by atoms with Gasteiger partial charge in [0.25, 0.3) is 0 Å². The first-order chi connectivity index (χ1) is 5.29. The Hall–Kier alpha value is -1.02. The van der Waals surface area contributed by atoms with Gasteiger partial charge >= 0.3 is 0 Å². The van der Waals surface area contributed by atoms with Gasteiger partial charge in [-0.15, -0.1) is 0 Å². The highest BCUT2D eigenvalue weighted by Crippen LogP contribution is 2.24. The summed E-state index contributed by atoms with van der Waals surface area (Å²) in [5.41, 5.74) is 0.733. The average molecular weight is 170 g/mol. The second-order valence-electron chi connectivity index (χ2n) is 1.92. The smallest absolute Gasteiger partial charge is 0.139 e. The fourth-order valence-electron chi connectivity index (χ4n) is 0.794. The summed E-state index contributed by atoms with van der Waals surface area (Å²) in [6.07, 6.45) is 3.21. The molecule has 3 heteroatoms. The van der Waals surface area contributed by atoms with Crippen LogP contribution in [0.1, 0.15) is 5.56 Å². The van der Waals surface area contributed by atoms with Gasteiger partial charge in [0.1, 0.15) is 10.9 Å².